The van der Waals surface area contributed by atoms with Crippen LogP contribution in [0.1, 0.15) is 44.2 Å². The van der Waals surface area contributed by atoms with Crippen LogP contribution in [-0.2, 0) is 0 Å². The molecule has 0 saturated heterocycles. The molecule has 4 unspecified atom stereocenters. The van der Waals surface area contributed by atoms with Crippen molar-refractivity contribution in [1.82, 2.24) is 10.2 Å². The van der Waals surface area contributed by atoms with E-state index in [9.17, 15) is 0 Å². The Morgan fingerprint density at radius 2 is 2.00 bits per heavy atom. The van der Waals surface area contributed by atoms with Gasteiger partial charge in [0.05, 0.1) is 0 Å². The Balaban J connectivity index is 1.64. The molecule has 0 heterocycles. The second-order valence-corrected chi connectivity index (χ2v) is 7.11. The molecule has 2 heteroatoms. The molecular weight excluding hydrogens is 256 g/mol. The fourth-order valence-electron chi connectivity index (χ4n) is 4.58. The van der Waals surface area contributed by atoms with E-state index in [1.807, 2.05) is 0 Å². The maximum atomic E-state index is 3.54. The molecule has 2 aliphatic rings. The minimum absolute atomic E-state index is 0.505. The van der Waals surface area contributed by atoms with Crippen molar-refractivity contribution >= 4 is 0 Å². The summed E-state index contributed by atoms with van der Waals surface area (Å²) in [6.45, 7) is 5.56. The minimum Gasteiger partial charge on any atom is -0.315 e. The van der Waals surface area contributed by atoms with Gasteiger partial charge in [-0.3, -0.25) is 4.90 Å². The van der Waals surface area contributed by atoms with Crippen molar-refractivity contribution in [1.29, 1.82) is 0 Å². The predicted molar refractivity (Wildman–Crippen MR) is 89.3 cm³/mol. The number of nitrogens with zero attached hydrogens (tertiary/aromatic N) is 1. The van der Waals surface area contributed by atoms with E-state index in [-0.39, 0.29) is 0 Å². The highest BCUT2D eigenvalue weighted by atomic mass is 15.2. The summed E-state index contributed by atoms with van der Waals surface area (Å²) in [6, 6.07) is 11.5. The fourth-order valence-corrected chi connectivity index (χ4v) is 4.58. The Bertz CT molecular complexity index is 430. The first kappa shape index (κ1) is 15.1. The topological polar surface area (TPSA) is 15.3 Å². The monoisotopic (exact) mass is 286 g/mol. The molecule has 4 atom stereocenters. The lowest BCUT2D eigenvalue weighted by molar-refractivity contribution is 0.170. The van der Waals surface area contributed by atoms with Gasteiger partial charge in [-0.1, -0.05) is 43.7 Å². The Hall–Kier alpha value is -0.860. The van der Waals surface area contributed by atoms with E-state index in [4.69, 9.17) is 0 Å². The normalized spacial score (nSPS) is 29.2. The first-order valence-electron chi connectivity index (χ1n) is 8.73. The molecule has 1 aromatic carbocycles. The Morgan fingerprint density at radius 1 is 1.19 bits per heavy atom. The van der Waals surface area contributed by atoms with E-state index in [1.165, 1.54) is 37.8 Å². The first-order valence-corrected chi connectivity index (χ1v) is 8.73. The van der Waals surface area contributed by atoms with Crippen LogP contribution in [0.15, 0.2) is 30.3 Å². The Morgan fingerprint density at radius 3 is 2.62 bits per heavy atom. The van der Waals surface area contributed by atoms with Gasteiger partial charge in [0.25, 0.3) is 0 Å². The van der Waals surface area contributed by atoms with Gasteiger partial charge in [-0.05, 0) is 56.2 Å². The summed E-state index contributed by atoms with van der Waals surface area (Å²) < 4.78 is 0. The third-order valence-corrected chi connectivity index (χ3v) is 5.71. The predicted octanol–water partition coefficient (Wildman–Crippen LogP) is 3.71. The van der Waals surface area contributed by atoms with Crippen molar-refractivity contribution in [2.75, 3.05) is 26.7 Å². The van der Waals surface area contributed by atoms with E-state index < -0.39 is 0 Å². The number of benzene rings is 1. The highest BCUT2D eigenvalue weighted by molar-refractivity contribution is 5.19. The fraction of sp³-hybridized carbons (Fsp3) is 0.684. The number of likely N-dealkylation sites (N-methyl/N-ethyl adjacent to an activating group) is 2. The van der Waals surface area contributed by atoms with E-state index in [0.717, 1.165) is 30.8 Å². The summed E-state index contributed by atoms with van der Waals surface area (Å²) in [5.41, 5.74) is 1.45. The first-order chi connectivity index (χ1) is 10.3. The number of hydrogen-bond donors (Lipinski definition) is 1. The summed E-state index contributed by atoms with van der Waals surface area (Å²) in [4.78, 5) is 2.60. The highest BCUT2D eigenvalue weighted by Crippen LogP contribution is 2.48. The van der Waals surface area contributed by atoms with Gasteiger partial charge >= 0.3 is 0 Å². The smallest absolute Gasteiger partial charge is 0.0469 e. The van der Waals surface area contributed by atoms with Crippen LogP contribution in [-0.4, -0.2) is 31.6 Å². The maximum Gasteiger partial charge on any atom is 0.0469 e. The van der Waals surface area contributed by atoms with Crippen LogP contribution >= 0.6 is 0 Å². The zero-order valence-electron chi connectivity index (χ0n) is 13.6. The third-order valence-electron chi connectivity index (χ3n) is 5.71. The second-order valence-electron chi connectivity index (χ2n) is 7.11. The molecule has 2 nitrogen and oxygen atoms in total. The van der Waals surface area contributed by atoms with Gasteiger partial charge in [0.2, 0.25) is 0 Å². The number of nitrogens with one attached hydrogen (secondary N) is 1. The lowest BCUT2D eigenvalue weighted by atomic mass is 9.88. The zero-order chi connectivity index (χ0) is 14.7. The van der Waals surface area contributed by atoms with E-state index in [2.05, 4.69) is 54.5 Å². The molecule has 2 bridgehead atoms. The van der Waals surface area contributed by atoms with Crippen molar-refractivity contribution in [3.8, 4) is 0 Å². The summed E-state index contributed by atoms with van der Waals surface area (Å²) in [5.74, 6) is 3.02. The molecule has 2 fully saturated rings. The minimum atomic E-state index is 0.505. The average Bonchev–Trinajstić information content (AvgIpc) is 3.11. The molecule has 116 valence electrons. The van der Waals surface area contributed by atoms with Crippen LogP contribution in [0, 0.1) is 17.8 Å². The summed E-state index contributed by atoms with van der Waals surface area (Å²) in [5, 5.41) is 3.54. The van der Waals surface area contributed by atoms with Crippen molar-refractivity contribution < 1.29 is 0 Å². The Kier molecular flexibility index (Phi) is 4.97. The van der Waals surface area contributed by atoms with Gasteiger partial charge in [0.15, 0.2) is 0 Å². The van der Waals surface area contributed by atoms with Gasteiger partial charge in [-0.15, -0.1) is 0 Å². The molecule has 21 heavy (non-hydrogen) atoms. The zero-order valence-corrected chi connectivity index (χ0v) is 13.6. The van der Waals surface area contributed by atoms with Gasteiger partial charge < -0.3 is 5.32 Å². The van der Waals surface area contributed by atoms with Crippen molar-refractivity contribution in [2.45, 2.75) is 38.6 Å². The Labute approximate surface area is 129 Å². The van der Waals surface area contributed by atoms with Gasteiger partial charge in [-0.25, -0.2) is 0 Å². The largest absolute Gasteiger partial charge is 0.315 e. The average molecular weight is 286 g/mol. The maximum absolute atomic E-state index is 3.54. The van der Waals surface area contributed by atoms with Crippen LogP contribution in [0.2, 0.25) is 0 Å². The van der Waals surface area contributed by atoms with E-state index in [0.29, 0.717) is 6.04 Å². The molecule has 0 aliphatic heterocycles. The van der Waals surface area contributed by atoms with Gasteiger partial charge in [-0.2, -0.15) is 0 Å². The molecule has 0 radical (unpaired) electrons. The molecule has 3 rings (SSSR count). The molecule has 1 aromatic rings. The molecule has 0 aromatic heterocycles. The number of fused-ring (bicyclic) bond motifs is 2. The molecule has 2 saturated carbocycles. The van der Waals surface area contributed by atoms with E-state index >= 15 is 0 Å². The van der Waals surface area contributed by atoms with Gasteiger partial charge in [0, 0.05) is 19.1 Å². The molecular formula is C19H30N2. The summed E-state index contributed by atoms with van der Waals surface area (Å²) in [6.07, 6.45) is 6.00. The molecule has 1 N–H and O–H groups in total. The quantitative estimate of drug-likeness (QED) is 0.822. The third kappa shape index (κ3) is 3.49. The molecule has 0 spiro atoms. The lowest BCUT2D eigenvalue weighted by Crippen LogP contribution is -2.37. The number of hydrogen-bond acceptors (Lipinski definition) is 2. The van der Waals surface area contributed by atoms with Crippen molar-refractivity contribution in [3.63, 3.8) is 0 Å². The van der Waals surface area contributed by atoms with Crippen molar-refractivity contribution in [2.24, 2.45) is 17.8 Å². The summed E-state index contributed by atoms with van der Waals surface area (Å²) in [7, 11) is 2.32. The highest BCUT2D eigenvalue weighted by Gasteiger charge is 2.40. The number of rotatable bonds is 7. The van der Waals surface area contributed by atoms with Gasteiger partial charge in [0.1, 0.15) is 0 Å². The summed E-state index contributed by atoms with van der Waals surface area (Å²) >= 11 is 0. The molecule has 2 aliphatic carbocycles. The standard InChI is InChI=1S/C19H30N2/c1-3-20-13-19(16-7-5-4-6-8-16)21(2)14-18-12-15-9-10-17(18)11-15/h4-8,15,17-20H,3,9-14H2,1-2H3. The molecule has 0 amide bonds. The van der Waals surface area contributed by atoms with Crippen LogP contribution in [0.25, 0.3) is 0 Å². The SMILES string of the molecule is CCNCC(c1ccccc1)N(C)CC1CC2CCC1C2. The van der Waals surface area contributed by atoms with Crippen molar-refractivity contribution in [3.05, 3.63) is 35.9 Å². The van der Waals surface area contributed by atoms with E-state index in [1.54, 1.807) is 0 Å². The second kappa shape index (κ2) is 6.93. The van der Waals surface area contributed by atoms with Crippen LogP contribution in [0.5, 0.6) is 0 Å². The lowest BCUT2D eigenvalue weighted by Gasteiger charge is -2.33. The van der Waals surface area contributed by atoms with Crippen LogP contribution in [0.3, 0.4) is 0 Å². The van der Waals surface area contributed by atoms with Crippen LogP contribution in [0.4, 0.5) is 0 Å². The van der Waals surface area contributed by atoms with Crippen LogP contribution < -0.4 is 5.32 Å².